The molecule has 0 saturated carbocycles. The van der Waals surface area contributed by atoms with Crippen LogP contribution in [0.3, 0.4) is 0 Å². The average Bonchev–Trinajstić information content (AvgIpc) is 2.08. The lowest BCUT2D eigenvalue weighted by Crippen LogP contribution is -2.32. The van der Waals surface area contributed by atoms with E-state index in [2.05, 4.69) is 4.99 Å². The molecule has 0 spiro atoms. The third-order valence-corrected chi connectivity index (χ3v) is 2.07. The van der Waals surface area contributed by atoms with Crippen molar-refractivity contribution in [2.45, 2.75) is 32.3 Å². The third kappa shape index (κ3) is 2.21. The second-order valence-corrected chi connectivity index (χ2v) is 3.44. The van der Waals surface area contributed by atoms with Gasteiger partial charge in [0.05, 0.1) is 12.8 Å². The van der Waals surface area contributed by atoms with Crippen molar-refractivity contribution in [2.24, 2.45) is 4.99 Å². The van der Waals surface area contributed by atoms with Crippen molar-refractivity contribution in [1.82, 2.24) is 0 Å². The van der Waals surface area contributed by atoms with Crippen molar-refractivity contribution in [3.05, 3.63) is 11.8 Å². The van der Waals surface area contributed by atoms with Gasteiger partial charge in [0, 0.05) is 0 Å². The van der Waals surface area contributed by atoms with Crippen LogP contribution >= 0.6 is 0 Å². The summed E-state index contributed by atoms with van der Waals surface area (Å²) < 4.78 is 5.45. The van der Waals surface area contributed by atoms with E-state index in [4.69, 9.17) is 4.74 Å². The Bertz CT molecular complexity index is 241. The van der Waals surface area contributed by atoms with Gasteiger partial charge in [0.15, 0.2) is 0 Å². The smallest absolute Gasteiger partial charge is 0.235 e. The molecular formula is C9H13NO2. The zero-order chi connectivity index (χ0) is 9.03. The van der Waals surface area contributed by atoms with Gasteiger partial charge >= 0.3 is 0 Å². The summed E-state index contributed by atoms with van der Waals surface area (Å²) in [7, 11) is 0. The Balaban J connectivity index is 2.56. The minimum atomic E-state index is -0.295. The molecule has 0 N–H and O–H groups in total. The van der Waals surface area contributed by atoms with Crippen LogP contribution in [0.2, 0.25) is 0 Å². The topological polar surface area (TPSA) is 38.7 Å². The van der Waals surface area contributed by atoms with Gasteiger partial charge in [-0.05, 0) is 32.3 Å². The molecule has 0 amide bonds. The predicted octanol–water partition coefficient (Wildman–Crippen LogP) is 1.80. The molecule has 0 radical (unpaired) electrons. The molecule has 0 aromatic carbocycles. The fraction of sp³-hybridized carbons (Fsp3) is 0.667. The van der Waals surface area contributed by atoms with Crippen LogP contribution in [-0.4, -0.2) is 18.2 Å². The normalized spacial score (nSPS) is 28.3. The summed E-state index contributed by atoms with van der Waals surface area (Å²) in [6.45, 7) is 4.39. The first-order valence-electron chi connectivity index (χ1n) is 4.03. The maximum absolute atomic E-state index is 9.89. The summed E-state index contributed by atoms with van der Waals surface area (Å²) in [6, 6.07) is 0. The fourth-order valence-electron chi connectivity index (χ4n) is 1.14. The molecule has 1 atom stereocenters. The van der Waals surface area contributed by atoms with Crippen molar-refractivity contribution in [3.63, 3.8) is 0 Å². The lowest BCUT2D eigenvalue weighted by molar-refractivity contribution is 0.0272. The maximum atomic E-state index is 9.89. The van der Waals surface area contributed by atoms with Crippen LogP contribution in [0.5, 0.6) is 0 Å². The molecule has 66 valence electrons. The summed E-state index contributed by atoms with van der Waals surface area (Å²) in [6.07, 6.45) is 5.22. The Morgan fingerprint density at radius 2 is 2.58 bits per heavy atom. The highest BCUT2D eigenvalue weighted by molar-refractivity contribution is 5.33. The molecule has 0 fully saturated rings. The number of aliphatic imine (C=N–C) groups is 1. The zero-order valence-corrected chi connectivity index (χ0v) is 7.46. The Morgan fingerprint density at radius 3 is 3.08 bits per heavy atom. The second kappa shape index (κ2) is 3.55. The summed E-state index contributed by atoms with van der Waals surface area (Å²) in [5.41, 5.74) is 0.944. The maximum Gasteiger partial charge on any atom is 0.235 e. The highest BCUT2D eigenvalue weighted by Crippen LogP contribution is 2.26. The molecule has 0 aliphatic carbocycles. The summed E-state index contributed by atoms with van der Waals surface area (Å²) in [5, 5.41) is 0. The van der Waals surface area contributed by atoms with Crippen molar-refractivity contribution in [1.29, 1.82) is 0 Å². The van der Waals surface area contributed by atoms with E-state index in [1.165, 1.54) is 11.7 Å². The molecule has 1 rings (SSSR count). The molecule has 1 aliphatic rings. The van der Waals surface area contributed by atoms with Crippen LogP contribution in [0, 0.1) is 0 Å². The van der Waals surface area contributed by atoms with Gasteiger partial charge in [0.25, 0.3) is 0 Å². The number of nitrogens with zero attached hydrogens (tertiary/aromatic N) is 1. The van der Waals surface area contributed by atoms with E-state index < -0.39 is 0 Å². The van der Waals surface area contributed by atoms with E-state index in [-0.39, 0.29) is 5.60 Å². The molecule has 1 heterocycles. The summed E-state index contributed by atoms with van der Waals surface area (Å²) in [4.78, 5) is 13.4. The van der Waals surface area contributed by atoms with Crippen molar-refractivity contribution in [3.8, 4) is 0 Å². The van der Waals surface area contributed by atoms with Gasteiger partial charge in [-0.25, -0.2) is 9.79 Å². The summed E-state index contributed by atoms with van der Waals surface area (Å²) in [5.74, 6) is 0. The molecule has 1 aliphatic heterocycles. The van der Waals surface area contributed by atoms with Crippen LogP contribution < -0.4 is 0 Å². The second-order valence-electron chi connectivity index (χ2n) is 3.44. The van der Waals surface area contributed by atoms with E-state index in [1.807, 2.05) is 13.8 Å². The van der Waals surface area contributed by atoms with Gasteiger partial charge in [-0.3, -0.25) is 0 Å². The van der Waals surface area contributed by atoms with Gasteiger partial charge in [0.2, 0.25) is 6.08 Å². The number of allylic oxidation sites excluding steroid dienone is 1. The minimum absolute atomic E-state index is 0.295. The molecule has 12 heavy (non-hydrogen) atoms. The van der Waals surface area contributed by atoms with Crippen LogP contribution in [0.1, 0.15) is 26.7 Å². The quantitative estimate of drug-likeness (QED) is 0.464. The van der Waals surface area contributed by atoms with E-state index in [9.17, 15) is 4.79 Å². The molecular weight excluding hydrogens is 154 g/mol. The molecule has 3 nitrogen and oxygen atoms in total. The average molecular weight is 167 g/mol. The molecule has 0 saturated heterocycles. The molecule has 1 unspecified atom stereocenters. The number of hydrogen-bond acceptors (Lipinski definition) is 3. The largest absolute Gasteiger partial charge is 0.493 e. The van der Waals surface area contributed by atoms with E-state index in [0.717, 1.165) is 12.8 Å². The van der Waals surface area contributed by atoms with Gasteiger partial charge in [-0.1, -0.05) is 0 Å². The predicted molar refractivity (Wildman–Crippen MR) is 45.5 cm³/mol. The van der Waals surface area contributed by atoms with Crippen LogP contribution in [0.15, 0.2) is 16.8 Å². The van der Waals surface area contributed by atoms with Crippen molar-refractivity contribution < 1.29 is 9.53 Å². The number of isocyanates is 1. The van der Waals surface area contributed by atoms with E-state index >= 15 is 0 Å². The first-order valence-corrected chi connectivity index (χ1v) is 4.03. The minimum Gasteiger partial charge on any atom is -0.493 e. The van der Waals surface area contributed by atoms with Crippen LogP contribution in [0.25, 0.3) is 0 Å². The van der Waals surface area contributed by atoms with Crippen molar-refractivity contribution in [2.75, 3.05) is 6.54 Å². The SMILES string of the molecule is CC1=COC(C)(CN=C=O)CC1. The molecule has 3 heteroatoms. The van der Waals surface area contributed by atoms with Gasteiger partial charge < -0.3 is 4.74 Å². The highest BCUT2D eigenvalue weighted by Gasteiger charge is 2.27. The fourth-order valence-corrected chi connectivity index (χ4v) is 1.14. The van der Waals surface area contributed by atoms with E-state index in [0.29, 0.717) is 6.54 Å². The standard InChI is InChI=1S/C9H13NO2/c1-8-3-4-9(2,12-5-8)6-10-7-11/h5H,3-4,6H2,1-2H3. The third-order valence-electron chi connectivity index (χ3n) is 2.07. The lowest BCUT2D eigenvalue weighted by Gasteiger charge is -2.30. The first kappa shape index (κ1) is 9.01. The van der Waals surface area contributed by atoms with Crippen LogP contribution in [-0.2, 0) is 9.53 Å². The number of rotatable bonds is 2. The van der Waals surface area contributed by atoms with Crippen LogP contribution in [0.4, 0.5) is 0 Å². The van der Waals surface area contributed by atoms with Gasteiger partial charge in [-0.2, -0.15) is 0 Å². The lowest BCUT2D eigenvalue weighted by atomic mass is 9.95. The summed E-state index contributed by atoms with van der Waals surface area (Å²) >= 11 is 0. The molecule has 0 aromatic heterocycles. The van der Waals surface area contributed by atoms with Gasteiger partial charge in [-0.15, -0.1) is 0 Å². The van der Waals surface area contributed by atoms with E-state index in [1.54, 1.807) is 6.26 Å². The highest BCUT2D eigenvalue weighted by atomic mass is 16.5. The zero-order valence-electron chi connectivity index (χ0n) is 7.46. The van der Waals surface area contributed by atoms with Gasteiger partial charge in [0.1, 0.15) is 5.60 Å². The number of hydrogen-bond donors (Lipinski definition) is 0. The monoisotopic (exact) mass is 167 g/mol. The Kier molecular flexibility index (Phi) is 2.66. The Labute approximate surface area is 72.1 Å². The van der Waals surface area contributed by atoms with Crippen molar-refractivity contribution >= 4 is 6.08 Å². The Morgan fingerprint density at radius 1 is 1.83 bits per heavy atom. The first-order chi connectivity index (χ1) is 5.66. The Hall–Kier alpha value is -1.08. The number of ether oxygens (including phenoxy) is 1. The number of carbonyl (C=O) groups excluding carboxylic acids is 1. The molecule has 0 aromatic rings. The molecule has 0 bridgehead atoms.